The molecule has 3 amide bonds. The highest BCUT2D eigenvalue weighted by atomic mass is 16.7. The zero-order valence-electron chi connectivity index (χ0n) is 32.5. The maximum Gasteiger partial charge on any atom is 0.366 e. The molecule has 1 aliphatic heterocycles. The summed E-state index contributed by atoms with van der Waals surface area (Å²) >= 11 is 0. The number of rotatable bonds is 21. The molecule has 2 aromatic carbocycles. The zero-order valence-corrected chi connectivity index (χ0v) is 32.5. The monoisotopic (exact) mass is 783 g/mol. The summed E-state index contributed by atoms with van der Waals surface area (Å²) in [5.41, 5.74) is 2.22. The van der Waals surface area contributed by atoms with Gasteiger partial charge in [-0.05, 0) is 43.0 Å². The molecule has 0 aromatic heterocycles. The van der Waals surface area contributed by atoms with E-state index in [1.807, 2.05) is 42.5 Å². The van der Waals surface area contributed by atoms with Gasteiger partial charge in [-0.25, -0.2) is 4.79 Å². The number of carboxylic acids is 1. The molecule has 3 rings (SSSR count). The number of unbranched alkanes of at least 4 members (excludes halogenated alkanes) is 2. The predicted molar refractivity (Wildman–Crippen MR) is 201 cm³/mol. The number of nitrogens with one attached hydrogen (secondary N) is 3. The molecule has 16 nitrogen and oxygen atoms in total. The van der Waals surface area contributed by atoms with Gasteiger partial charge in [-0.3, -0.25) is 28.8 Å². The second kappa shape index (κ2) is 22.3. The highest BCUT2D eigenvalue weighted by molar-refractivity contribution is 5.94. The summed E-state index contributed by atoms with van der Waals surface area (Å²) in [7, 11) is 1.12. The Hall–Kier alpha value is -5.35. The van der Waals surface area contributed by atoms with Gasteiger partial charge in [-0.2, -0.15) is 0 Å². The van der Waals surface area contributed by atoms with E-state index in [4.69, 9.17) is 23.7 Å². The molecule has 0 bridgehead atoms. The quantitative estimate of drug-likeness (QED) is 0.0812. The summed E-state index contributed by atoms with van der Waals surface area (Å²) in [6.07, 6.45) is -1.95. The van der Waals surface area contributed by atoms with E-state index in [0.717, 1.165) is 18.2 Å². The molecule has 1 heterocycles. The Morgan fingerprint density at radius 2 is 1.57 bits per heavy atom. The Morgan fingerprint density at radius 3 is 2.18 bits per heavy atom. The second-order valence-corrected chi connectivity index (χ2v) is 13.4. The molecule has 1 fully saturated rings. The van der Waals surface area contributed by atoms with E-state index in [-0.39, 0.29) is 38.6 Å². The molecular weight excluding hydrogens is 730 g/mol. The Balaban J connectivity index is 1.92. The topological polar surface area (TPSA) is 222 Å². The number of amides is 3. The number of hydrogen-bond acceptors (Lipinski definition) is 12. The lowest BCUT2D eigenvalue weighted by molar-refractivity contribution is -0.296. The van der Waals surface area contributed by atoms with Gasteiger partial charge in [-0.15, -0.1) is 0 Å². The van der Waals surface area contributed by atoms with Crippen LogP contribution in [0.1, 0.15) is 83.0 Å². The Bertz CT molecular complexity index is 1650. The third-order valence-corrected chi connectivity index (χ3v) is 9.19. The Kier molecular flexibility index (Phi) is 17.9. The molecule has 2 aromatic rings. The lowest BCUT2D eigenvalue weighted by atomic mass is 9.82. The van der Waals surface area contributed by atoms with Gasteiger partial charge in [0, 0.05) is 44.6 Å². The van der Waals surface area contributed by atoms with Crippen molar-refractivity contribution < 1.29 is 62.4 Å². The first-order valence-electron chi connectivity index (χ1n) is 18.6. The van der Waals surface area contributed by atoms with E-state index in [1.54, 1.807) is 26.0 Å². The first-order valence-corrected chi connectivity index (χ1v) is 18.6. The summed E-state index contributed by atoms with van der Waals surface area (Å²) in [5.74, 6) is -7.90. The highest BCUT2D eigenvalue weighted by Gasteiger charge is 2.56. The molecule has 0 unspecified atom stereocenters. The summed E-state index contributed by atoms with van der Waals surface area (Å²) in [6, 6.07) is 14.4. The maximum atomic E-state index is 13.6. The second-order valence-electron chi connectivity index (χ2n) is 13.4. The number of carbonyl (C=O) groups excluding carboxylic acids is 6. The minimum absolute atomic E-state index is 0.0456. The van der Waals surface area contributed by atoms with Crippen LogP contribution in [0.25, 0.3) is 11.1 Å². The van der Waals surface area contributed by atoms with E-state index in [9.17, 15) is 38.7 Å². The molecule has 0 aliphatic carbocycles. The summed E-state index contributed by atoms with van der Waals surface area (Å²) in [6.45, 7) is 5.77. The van der Waals surface area contributed by atoms with Crippen molar-refractivity contribution in [2.24, 2.45) is 5.92 Å². The largest absolute Gasteiger partial charge is 0.481 e. The average molecular weight is 784 g/mol. The van der Waals surface area contributed by atoms with Gasteiger partial charge in [0.2, 0.25) is 11.8 Å². The van der Waals surface area contributed by atoms with Crippen LogP contribution in [0.5, 0.6) is 0 Å². The van der Waals surface area contributed by atoms with Crippen LogP contribution in [-0.2, 0) is 52.5 Å². The normalized spacial score (nSPS) is 20.1. The van der Waals surface area contributed by atoms with Gasteiger partial charge in [0.05, 0.1) is 51.5 Å². The van der Waals surface area contributed by atoms with Crippen LogP contribution < -0.4 is 16.0 Å². The van der Waals surface area contributed by atoms with Gasteiger partial charge < -0.3 is 44.7 Å². The van der Waals surface area contributed by atoms with Crippen LogP contribution >= 0.6 is 0 Å². The molecule has 1 saturated heterocycles. The molecule has 0 saturated carbocycles. The number of benzene rings is 2. The van der Waals surface area contributed by atoms with Crippen molar-refractivity contribution in [2.75, 3.05) is 26.9 Å². The van der Waals surface area contributed by atoms with E-state index in [1.165, 1.54) is 13.8 Å². The van der Waals surface area contributed by atoms with Crippen molar-refractivity contribution in [3.63, 3.8) is 0 Å². The van der Waals surface area contributed by atoms with Crippen molar-refractivity contribution in [1.29, 1.82) is 0 Å². The van der Waals surface area contributed by atoms with Gasteiger partial charge in [-0.1, -0.05) is 55.8 Å². The average Bonchev–Trinajstić information content (AvgIpc) is 3.17. The van der Waals surface area contributed by atoms with Crippen LogP contribution in [0.2, 0.25) is 0 Å². The van der Waals surface area contributed by atoms with Crippen LogP contribution in [0.15, 0.2) is 54.6 Å². The molecule has 56 heavy (non-hydrogen) atoms. The summed E-state index contributed by atoms with van der Waals surface area (Å²) < 4.78 is 28.4. The van der Waals surface area contributed by atoms with Gasteiger partial charge in [0.1, 0.15) is 6.10 Å². The Labute approximate surface area is 326 Å². The molecule has 0 spiro atoms. The minimum atomic E-state index is -2.15. The van der Waals surface area contributed by atoms with Crippen LogP contribution in [0.3, 0.4) is 0 Å². The minimum Gasteiger partial charge on any atom is -0.481 e. The van der Waals surface area contributed by atoms with Crippen LogP contribution in [-0.4, -0.2) is 104 Å². The van der Waals surface area contributed by atoms with Gasteiger partial charge in [0.15, 0.2) is 0 Å². The third kappa shape index (κ3) is 13.7. The standard InChI is InChI=1S/C40H53N3O13/c1-6-53-35(49)15-11-8-12-22-54-40(39(51)52-5)23-31(43-33(46)20-21-34(47)48)36(42-26(3)44)37(56-40)25(2)32(55-27(4)45)24-41-38(50)30-18-16-29(17-19-30)28-13-9-7-10-14-28/h7,9-10,13-14,16-19,25,31-32,36-37H,6,8,11-12,15,20-24H2,1-5H3,(H,41,50)(H,42,44)(H,43,46)(H,47,48)/t25-,31+,32-,36-,37+,40-/m1/s1. The van der Waals surface area contributed by atoms with Crippen molar-refractivity contribution in [3.8, 4) is 11.1 Å². The number of carboxylic acid groups (broad SMARTS) is 1. The fourth-order valence-electron chi connectivity index (χ4n) is 6.44. The molecule has 4 N–H and O–H groups in total. The van der Waals surface area contributed by atoms with E-state index < -0.39 is 84.5 Å². The van der Waals surface area contributed by atoms with E-state index in [0.29, 0.717) is 24.8 Å². The summed E-state index contributed by atoms with van der Waals surface area (Å²) in [4.78, 5) is 88.1. The molecule has 6 atom stereocenters. The fraction of sp³-hybridized carbons (Fsp3) is 0.525. The number of esters is 3. The number of hydrogen-bond donors (Lipinski definition) is 4. The van der Waals surface area contributed by atoms with Crippen molar-refractivity contribution in [1.82, 2.24) is 16.0 Å². The number of methoxy groups -OCH3 is 1. The van der Waals surface area contributed by atoms with Crippen LogP contribution in [0.4, 0.5) is 0 Å². The predicted octanol–water partition coefficient (Wildman–Crippen LogP) is 3.30. The summed E-state index contributed by atoms with van der Waals surface area (Å²) in [5, 5.41) is 17.5. The number of aliphatic carboxylic acids is 1. The third-order valence-electron chi connectivity index (χ3n) is 9.19. The molecule has 16 heteroatoms. The van der Waals surface area contributed by atoms with E-state index in [2.05, 4.69) is 16.0 Å². The van der Waals surface area contributed by atoms with Gasteiger partial charge >= 0.3 is 23.9 Å². The van der Waals surface area contributed by atoms with Crippen molar-refractivity contribution in [3.05, 3.63) is 60.2 Å². The van der Waals surface area contributed by atoms with Crippen LogP contribution in [0, 0.1) is 5.92 Å². The molecular formula is C40H53N3O13. The SMILES string of the molecule is CCOC(=O)CCCCCO[C@]1(C(=O)OC)C[C@H](NC(=O)CCC(=O)O)[C@@H](NC(C)=O)[C@H]([C@H](C)[C@@H](CNC(=O)c2ccc(-c3ccccc3)cc2)OC(C)=O)O1. The molecule has 306 valence electrons. The smallest absolute Gasteiger partial charge is 0.366 e. The number of ether oxygens (including phenoxy) is 5. The lowest BCUT2D eigenvalue weighted by Crippen LogP contribution is -2.70. The number of carbonyl (C=O) groups is 7. The highest BCUT2D eigenvalue weighted by Crippen LogP contribution is 2.37. The van der Waals surface area contributed by atoms with Gasteiger partial charge in [0.25, 0.3) is 11.7 Å². The van der Waals surface area contributed by atoms with E-state index >= 15 is 0 Å². The first kappa shape index (κ1) is 45.0. The first-order chi connectivity index (χ1) is 26.7. The fourth-order valence-corrected chi connectivity index (χ4v) is 6.44. The molecule has 0 radical (unpaired) electrons. The molecule has 1 aliphatic rings. The maximum absolute atomic E-state index is 13.6. The zero-order chi connectivity index (χ0) is 41.3. The van der Waals surface area contributed by atoms with Crippen molar-refractivity contribution >= 4 is 41.6 Å². The van der Waals surface area contributed by atoms with Crippen molar-refractivity contribution in [2.45, 2.75) is 103 Å². The lowest BCUT2D eigenvalue weighted by Gasteiger charge is -2.49. The Morgan fingerprint density at radius 1 is 0.893 bits per heavy atom.